The molecule has 0 heterocycles. The molecule has 0 radical (unpaired) electrons. The van der Waals surface area contributed by atoms with Crippen LogP contribution in [0, 0.1) is 11.8 Å². The zero-order chi connectivity index (χ0) is 8.60. The van der Waals surface area contributed by atoms with Crippen LogP contribution in [-0.4, -0.2) is 17.3 Å². The van der Waals surface area contributed by atoms with Gasteiger partial charge >= 0.3 is 0 Å². The highest BCUT2D eigenvalue weighted by molar-refractivity contribution is 4.93. The van der Waals surface area contributed by atoms with E-state index in [0.29, 0.717) is 5.92 Å². The number of nitrogens with two attached hydrogens (primary N) is 1. The Hall–Kier alpha value is -0.0800. The van der Waals surface area contributed by atoms with Crippen LogP contribution in [0.5, 0.6) is 0 Å². The Labute approximate surface area is 74.1 Å². The van der Waals surface area contributed by atoms with Gasteiger partial charge in [0.15, 0.2) is 0 Å². The Morgan fingerprint density at radius 1 is 1.42 bits per heavy atom. The Morgan fingerprint density at radius 2 is 2.25 bits per heavy atom. The summed E-state index contributed by atoms with van der Waals surface area (Å²) < 4.78 is 0. The summed E-state index contributed by atoms with van der Waals surface area (Å²) in [5.41, 5.74) is 5.33. The fourth-order valence-electron chi connectivity index (χ4n) is 3.12. The summed E-state index contributed by atoms with van der Waals surface area (Å²) >= 11 is 0. The Bertz CT molecular complexity index is 171. The number of aliphatic hydroxyl groups is 1. The zero-order valence-electron chi connectivity index (χ0n) is 7.63. The van der Waals surface area contributed by atoms with Gasteiger partial charge < -0.3 is 10.8 Å². The lowest BCUT2D eigenvalue weighted by Crippen LogP contribution is -2.43. The minimum atomic E-state index is -0.328. The standard InChI is InChI=1S/C10H19NO/c11-7-9-4-8-2-1-3-10(12,5-8)6-9/h8-9,12H,1-7,11H2. The maximum absolute atomic E-state index is 10.1. The molecule has 3 unspecified atom stereocenters. The van der Waals surface area contributed by atoms with E-state index in [1.165, 1.54) is 19.3 Å². The van der Waals surface area contributed by atoms with Gasteiger partial charge in [0.25, 0.3) is 0 Å². The van der Waals surface area contributed by atoms with Crippen LogP contribution in [0.2, 0.25) is 0 Å². The SMILES string of the molecule is NCC1CC2CCCC(O)(C1)C2. The zero-order valence-corrected chi connectivity index (χ0v) is 7.63. The van der Waals surface area contributed by atoms with Gasteiger partial charge in [-0.2, -0.15) is 0 Å². The predicted molar refractivity (Wildman–Crippen MR) is 48.7 cm³/mol. The van der Waals surface area contributed by atoms with Crippen molar-refractivity contribution < 1.29 is 5.11 Å². The van der Waals surface area contributed by atoms with E-state index >= 15 is 0 Å². The first-order valence-corrected chi connectivity index (χ1v) is 5.14. The van der Waals surface area contributed by atoms with E-state index in [1.54, 1.807) is 0 Å². The van der Waals surface area contributed by atoms with Gasteiger partial charge in [-0.25, -0.2) is 0 Å². The van der Waals surface area contributed by atoms with Gasteiger partial charge in [0.1, 0.15) is 0 Å². The quantitative estimate of drug-likeness (QED) is 0.621. The van der Waals surface area contributed by atoms with Crippen molar-refractivity contribution in [2.75, 3.05) is 6.54 Å². The third-order valence-corrected chi connectivity index (χ3v) is 3.59. The van der Waals surface area contributed by atoms with Crippen molar-refractivity contribution in [3.05, 3.63) is 0 Å². The normalized spacial score (nSPS) is 47.5. The molecule has 0 aromatic carbocycles. The molecule has 0 spiro atoms. The van der Waals surface area contributed by atoms with Crippen molar-refractivity contribution in [2.24, 2.45) is 17.6 Å². The molecular weight excluding hydrogens is 150 g/mol. The Kier molecular flexibility index (Phi) is 2.13. The molecule has 2 aliphatic rings. The van der Waals surface area contributed by atoms with E-state index < -0.39 is 0 Å². The molecule has 2 aliphatic carbocycles. The minimum Gasteiger partial charge on any atom is -0.390 e. The molecule has 0 amide bonds. The Morgan fingerprint density at radius 3 is 2.92 bits per heavy atom. The molecule has 70 valence electrons. The minimum absolute atomic E-state index is 0.328. The first-order chi connectivity index (χ1) is 5.72. The smallest absolute Gasteiger partial charge is 0.0653 e. The molecular formula is C10H19NO. The van der Waals surface area contributed by atoms with Crippen LogP contribution in [-0.2, 0) is 0 Å². The van der Waals surface area contributed by atoms with Crippen molar-refractivity contribution in [1.82, 2.24) is 0 Å². The van der Waals surface area contributed by atoms with Crippen LogP contribution < -0.4 is 5.73 Å². The molecule has 2 heteroatoms. The summed E-state index contributed by atoms with van der Waals surface area (Å²) in [6, 6.07) is 0. The van der Waals surface area contributed by atoms with Crippen LogP contribution in [0.1, 0.15) is 38.5 Å². The summed E-state index contributed by atoms with van der Waals surface area (Å²) in [7, 11) is 0. The summed E-state index contributed by atoms with van der Waals surface area (Å²) in [4.78, 5) is 0. The summed E-state index contributed by atoms with van der Waals surface area (Å²) in [6.07, 6.45) is 6.82. The number of hydrogen-bond donors (Lipinski definition) is 2. The van der Waals surface area contributed by atoms with Gasteiger partial charge in [-0.1, -0.05) is 12.8 Å². The predicted octanol–water partition coefficient (Wildman–Crippen LogP) is 1.28. The van der Waals surface area contributed by atoms with E-state index in [-0.39, 0.29) is 5.60 Å². The molecule has 12 heavy (non-hydrogen) atoms. The van der Waals surface area contributed by atoms with Gasteiger partial charge in [-0.3, -0.25) is 0 Å². The monoisotopic (exact) mass is 169 g/mol. The van der Waals surface area contributed by atoms with Crippen LogP contribution in [0.15, 0.2) is 0 Å². The van der Waals surface area contributed by atoms with Crippen molar-refractivity contribution in [2.45, 2.75) is 44.1 Å². The number of rotatable bonds is 1. The molecule has 3 atom stereocenters. The molecule has 2 saturated carbocycles. The molecule has 2 rings (SSSR count). The molecule has 0 saturated heterocycles. The lowest BCUT2D eigenvalue weighted by atomic mass is 9.65. The van der Waals surface area contributed by atoms with Crippen molar-refractivity contribution >= 4 is 0 Å². The molecule has 2 nitrogen and oxygen atoms in total. The van der Waals surface area contributed by atoms with E-state index in [9.17, 15) is 5.11 Å². The maximum Gasteiger partial charge on any atom is 0.0653 e. The summed E-state index contributed by atoms with van der Waals surface area (Å²) in [5, 5.41) is 10.1. The lowest BCUT2D eigenvalue weighted by molar-refractivity contribution is -0.0654. The molecule has 0 aromatic rings. The summed E-state index contributed by atoms with van der Waals surface area (Å²) in [5.74, 6) is 1.36. The van der Waals surface area contributed by atoms with Gasteiger partial charge in [0.05, 0.1) is 5.60 Å². The molecule has 0 aliphatic heterocycles. The van der Waals surface area contributed by atoms with Gasteiger partial charge in [-0.05, 0) is 44.1 Å². The highest BCUT2D eigenvalue weighted by Crippen LogP contribution is 2.44. The third-order valence-electron chi connectivity index (χ3n) is 3.59. The van der Waals surface area contributed by atoms with E-state index in [0.717, 1.165) is 31.7 Å². The summed E-state index contributed by atoms with van der Waals surface area (Å²) in [6.45, 7) is 0.763. The van der Waals surface area contributed by atoms with Crippen molar-refractivity contribution in [1.29, 1.82) is 0 Å². The van der Waals surface area contributed by atoms with Gasteiger partial charge in [-0.15, -0.1) is 0 Å². The molecule has 3 N–H and O–H groups in total. The highest BCUT2D eigenvalue weighted by atomic mass is 16.3. The topological polar surface area (TPSA) is 46.2 Å². The molecule has 2 fully saturated rings. The van der Waals surface area contributed by atoms with E-state index in [4.69, 9.17) is 5.73 Å². The molecule has 0 aromatic heterocycles. The largest absolute Gasteiger partial charge is 0.390 e. The number of hydrogen-bond acceptors (Lipinski definition) is 2. The number of fused-ring (bicyclic) bond motifs is 2. The van der Waals surface area contributed by atoms with Crippen LogP contribution >= 0.6 is 0 Å². The second-order valence-corrected chi connectivity index (χ2v) is 4.73. The highest BCUT2D eigenvalue weighted by Gasteiger charge is 2.40. The van der Waals surface area contributed by atoms with Crippen LogP contribution in [0.25, 0.3) is 0 Å². The lowest BCUT2D eigenvalue weighted by Gasteiger charge is -2.44. The van der Waals surface area contributed by atoms with Crippen molar-refractivity contribution in [3.63, 3.8) is 0 Å². The third kappa shape index (κ3) is 1.50. The van der Waals surface area contributed by atoms with Crippen LogP contribution in [0.3, 0.4) is 0 Å². The van der Waals surface area contributed by atoms with Crippen LogP contribution in [0.4, 0.5) is 0 Å². The maximum atomic E-state index is 10.1. The average Bonchev–Trinajstić information content (AvgIpc) is 2.02. The second kappa shape index (κ2) is 3.00. The molecule has 2 bridgehead atoms. The fraction of sp³-hybridized carbons (Fsp3) is 1.00. The Balaban J connectivity index is 2.05. The fourth-order valence-corrected chi connectivity index (χ4v) is 3.12. The first kappa shape index (κ1) is 8.52. The average molecular weight is 169 g/mol. The second-order valence-electron chi connectivity index (χ2n) is 4.73. The van der Waals surface area contributed by atoms with Gasteiger partial charge in [0, 0.05) is 0 Å². The van der Waals surface area contributed by atoms with E-state index in [2.05, 4.69) is 0 Å². The van der Waals surface area contributed by atoms with Crippen molar-refractivity contribution in [3.8, 4) is 0 Å². The van der Waals surface area contributed by atoms with Gasteiger partial charge in [0.2, 0.25) is 0 Å². The van der Waals surface area contributed by atoms with E-state index in [1.807, 2.05) is 0 Å². The first-order valence-electron chi connectivity index (χ1n) is 5.14.